The van der Waals surface area contributed by atoms with Crippen LogP contribution in [0.1, 0.15) is 28.9 Å². The van der Waals surface area contributed by atoms with Gasteiger partial charge in [-0.25, -0.2) is 0 Å². The lowest BCUT2D eigenvalue weighted by atomic mass is 10.0. The van der Waals surface area contributed by atoms with Gasteiger partial charge in [-0.05, 0) is 49.6 Å². The molecule has 3 rings (SSSR count). The van der Waals surface area contributed by atoms with Crippen molar-refractivity contribution in [3.8, 4) is 11.1 Å². The van der Waals surface area contributed by atoms with Gasteiger partial charge >= 0.3 is 0 Å². The number of carbonyl (C=O) groups is 1. The fraction of sp³-hybridized carbons (Fsp3) is 0.286. The molecule has 5 heteroatoms. The van der Waals surface area contributed by atoms with Crippen molar-refractivity contribution < 1.29 is 4.79 Å². The molecule has 1 heterocycles. The Balaban J connectivity index is 1.72. The van der Waals surface area contributed by atoms with Crippen molar-refractivity contribution in [2.45, 2.75) is 25.1 Å². The molecule has 0 aliphatic carbocycles. The van der Waals surface area contributed by atoms with Crippen LogP contribution in [0.4, 0.5) is 0 Å². The zero-order chi connectivity index (χ0) is 18.5. The Morgan fingerprint density at radius 2 is 1.88 bits per heavy atom. The van der Waals surface area contributed by atoms with E-state index in [1.807, 2.05) is 12.1 Å². The lowest BCUT2D eigenvalue weighted by Crippen LogP contribution is -2.30. The SMILES string of the molecule is Cc1ccc(-c2ccc3cc(C(=O)NC[C@H](Cl)CCCN)[nH]c3c2)cc1. The van der Waals surface area contributed by atoms with E-state index in [-0.39, 0.29) is 11.3 Å². The molecule has 1 amide bonds. The van der Waals surface area contributed by atoms with Crippen LogP contribution in [0.25, 0.3) is 22.0 Å². The molecule has 0 aliphatic heterocycles. The summed E-state index contributed by atoms with van der Waals surface area (Å²) in [5.41, 5.74) is 10.5. The molecule has 2 aromatic carbocycles. The average Bonchev–Trinajstić information content (AvgIpc) is 3.08. The fourth-order valence-electron chi connectivity index (χ4n) is 2.92. The van der Waals surface area contributed by atoms with Crippen molar-refractivity contribution >= 4 is 28.4 Å². The highest BCUT2D eigenvalue weighted by Crippen LogP contribution is 2.25. The first-order valence-electron chi connectivity index (χ1n) is 8.89. The molecule has 0 bridgehead atoms. The molecule has 0 fully saturated rings. The van der Waals surface area contributed by atoms with Gasteiger partial charge < -0.3 is 16.0 Å². The van der Waals surface area contributed by atoms with Gasteiger partial charge in [0, 0.05) is 17.4 Å². The van der Waals surface area contributed by atoms with Crippen LogP contribution in [0.5, 0.6) is 0 Å². The maximum atomic E-state index is 12.4. The number of nitrogens with two attached hydrogens (primary N) is 1. The van der Waals surface area contributed by atoms with E-state index >= 15 is 0 Å². The summed E-state index contributed by atoms with van der Waals surface area (Å²) in [5.74, 6) is -0.142. The van der Waals surface area contributed by atoms with Gasteiger partial charge in [0.15, 0.2) is 0 Å². The van der Waals surface area contributed by atoms with Crippen molar-refractivity contribution in [2.24, 2.45) is 5.73 Å². The zero-order valence-electron chi connectivity index (χ0n) is 14.9. The quantitative estimate of drug-likeness (QED) is 0.545. The first-order valence-corrected chi connectivity index (χ1v) is 9.32. The highest BCUT2D eigenvalue weighted by molar-refractivity contribution is 6.21. The van der Waals surface area contributed by atoms with Gasteiger partial charge in [-0.2, -0.15) is 0 Å². The summed E-state index contributed by atoms with van der Waals surface area (Å²) in [6.07, 6.45) is 1.66. The maximum absolute atomic E-state index is 12.4. The van der Waals surface area contributed by atoms with Gasteiger partial charge in [-0.3, -0.25) is 4.79 Å². The number of hydrogen-bond acceptors (Lipinski definition) is 2. The summed E-state index contributed by atoms with van der Waals surface area (Å²) in [4.78, 5) is 15.6. The number of H-pyrrole nitrogens is 1. The van der Waals surface area contributed by atoms with Crippen molar-refractivity contribution in [2.75, 3.05) is 13.1 Å². The minimum atomic E-state index is -0.142. The Hall–Kier alpha value is -2.30. The third-order valence-electron chi connectivity index (χ3n) is 4.46. The molecule has 0 aliphatic rings. The summed E-state index contributed by atoms with van der Waals surface area (Å²) in [6.45, 7) is 3.12. The number of alkyl halides is 1. The monoisotopic (exact) mass is 369 g/mol. The number of amides is 1. The average molecular weight is 370 g/mol. The molecule has 0 saturated heterocycles. The van der Waals surface area contributed by atoms with E-state index in [1.165, 1.54) is 5.56 Å². The summed E-state index contributed by atoms with van der Waals surface area (Å²) in [7, 11) is 0. The Bertz CT molecular complexity index is 886. The molecule has 0 spiro atoms. The number of nitrogens with one attached hydrogen (secondary N) is 2. The largest absolute Gasteiger partial charge is 0.351 e. The van der Waals surface area contributed by atoms with Crippen molar-refractivity contribution in [3.05, 3.63) is 59.8 Å². The van der Waals surface area contributed by atoms with Crippen LogP contribution in [0.3, 0.4) is 0 Å². The van der Waals surface area contributed by atoms with E-state index in [1.54, 1.807) is 0 Å². The summed E-state index contributed by atoms with van der Waals surface area (Å²) < 4.78 is 0. The summed E-state index contributed by atoms with van der Waals surface area (Å²) >= 11 is 6.19. The molecule has 4 nitrogen and oxygen atoms in total. The van der Waals surface area contributed by atoms with Crippen LogP contribution in [0.15, 0.2) is 48.5 Å². The van der Waals surface area contributed by atoms with Crippen LogP contribution in [0.2, 0.25) is 0 Å². The Morgan fingerprint density at radius 1 is 1.15 bits per heavy atom. The lowest BCUT2D eigenvalue weighted by molar-refractivity contribution is 0.0949. The number of rotatable bonds is 7. The standard InChI is InChI=1S/C21H24ClN3O/c1-14-4-6-15(7-5-14)16-8-9-17-12-20(25-19(17)11-16)21(26)24-13-18(22)3-2-10-23/h4-9,11-12,18,25H,2-3,10,13,23H2,1H3,(H,24,26)/t18-/m1/s1. The molecule has 0 unspecified atom stereocenters. The number of benzene rings is 2. The molecule has 1 atom stereocenters. The molecular formula is C21H24ClN3O. The van der Waals surface area contributed by atoms with Gasteiger partial charge in [0.2, 0.25) is 0 Å². The number of aromatic nitrogens is 1. The summed E-state index contributed by atoms with van der Waals surface area (Å²) in [5, 5.41) is 3.79. The molecule has 0 radical (unpaired) electrons. The van der Waals surface area contributed by atoms with Crippen LogP contribution >= 0.6 is 11.6 Å². The molecule has 4 N–H and O–H groups in total. The van der Waals surface area contributed by atoms with Gasteiger partial charge in [-0.1, -0.05) is 42.0 Å². The Labute approximate surface area is 158 Å². The number of aromatic amines is 1. The number of hydrogen-bond donors (Lipinski definition) is 3. The molecular weight excluding hydrogens is 346 g/mol. The smallest absolute Gasteiger partial charge is 0.267 e. The van der Waals surface area contributed by atoms with Gasteiger partial charge in [0.05, 0.1) is 5.38 Å². The number of halogens is 1. The van der Waals surface area contributed by atoms with E-state index in [2.05, 4.69) is 53.6 Å². The van der Waals surface area contributed by atoms with Gasteiger partial charge in [-0.15, -0.1) is 11.6 Å². The van der Waals surface area contributed by atoms with E-state index in [0.717, 1.165) is 34.9 Å². The van der Waals surface area contributed by atoms with E-state index in [4.69, 9.17) is 17.3 Å². The second-order valence-corrected chi connectivity index (χ2v) is 7.21. The zero-order valence-corrected chi connectivity index (χ0v) is 15.6. The Kier molecular flexibility index (Phi) is 5.96. The van der Waals surface area contributed by atoms with E-state index in [9.17, 15) is 4.79 Å². The van der Waals surface area contributed by atoms with E-state index < -0.39 is 0 Å². The highest BCUT2D eigenvalue weighted by Gasteiger charge is 2.12. The topological polar surface area (TPSA) is 70.9 Å². The third kappa shape index (κ3) is 4.45. The van der Waals surface area contributed by atoms with Gasteiger partial charge in [0.1, 0.15) is 5.69 Å². The highest BCUT2D eigenvalue weighted by atomic mass is 35.5. The normalized spacial score (nSPS) is 12.3. The van der Waals surface area contributed by atoms with Crippen LogP contribution in [-0.4, -0.2) is 29.4 Å². The van der Waals surface area contributed by atoms with E-state index in [0.29, 0.717) is 18.8 Å². The second kappa shape index (κ2) is 8.39. The molecule has 136 valence electrons. The predicted octanol–water partition coefficient (Wildman–Crippen LogP) is 4.22. The number of fused-ring (bicyclic) bond motifs is 1. The first kappa shape index (κ1) is 18.5. The van der Waals surface area contributed by atoms with Crippen molar-refractivity contribution in [1.82, 2.24) is 10.3 Å². The minimum absolute atomic E-state index is 0.0972. The van der Waals surface area contributed by atoms with Crippen molar-refractivity contribution in [3.63, 3.8) is 0 Å². The lowest BCUT2D eigenvalue weighted by Gasteiger charge is -2.09. The maximum Gasteiger partial charge on any atom is 0.267 e. The fourth-order valence-corrected chi connectivity index (χ4v) is 3.15. The second-order valence-electron chi connectivity index (χ2n) is 6.59. The first-order chi connectivity index (χ1) is 12.6. The van der Waals surface area contributed by atoms with Crippen LogP contribution < -0.4 is 11.1 Å². The molecule has 0 saturated carbocycles. The summed E-state index contributed by atoms with van der Waals surface area (Å²) in [6, 6.07) is 16.5. The molecule has 26 heavy (non-hydrogen) atoms. The Morgan fingerprint density at radius 3 is 2.62 bits per heavy atom. The van der Waals surface area contributed by atoms with Crippen LogP contribution in [-0.2, 0) is 0 Å². The minimum Gasteiger partial charge on any atom is -0.351 e. The molecule has 3 aromatic rings. The van der Waals surface area contributed by atoms with Crippen LogP contribution in [0, 0.1) is 6.92 Å². The number of carbonyl (C=O) groups excluding carboxylic acids is 1. The van der Waals surface area contributed by atoms with Crippen molar-refractivity contribution in [1.29, 1.82) is 0 Å². The molecule has 1 aromatic heterocycles. The third-order valence-corrected chi connectivity index (χ3v) is 4.83. The van der Waals surface area contributed by atoms with Gasteiger partial charge in [0.25, 0.3) is 5.91 Å². The number of aryl methyl sites for hydroxylation is 1. The predicted molar refractivity (Wildman–Crippen MR) is 109 cm³/mol.